The zero-order valence-corrected chi connectivity index (χ0v) is 41.0. The molecular formula is C68H53BN4. The van der Waals surface area contributed by atoms with Gasteiger partial charge in [-0.3, -0.25) is 0 Å². The molecule has 2 aliphatic carbocycles. The average Bonchev–Trinajstić information content (AvgIpc) is 3.99. The highest BCUT2D eigenvalue weighted by molar-refractivity contribution is 7.00. The first-order valence-corrected chi connectivity index (χ1v) is 27.1. The number of hydrogen-bond acceptors (Lipinski definition) is 2. The molecule has 5 heteroatoms. The summed E-state index contributed by atoms with van der Waals surface area (Å²) < 4.78 is 5.31. The lowest BCUT2D eigenvalue weighted by atomic mass is 9.34. The molecule has 0 amide bonds. The van der Waals surface area contributed by atoms with Gasteiger partial charge in [-0.2, -0.15) is 0 Å². The van der Waals surface area contributed by atoms with Crippen LogP contribution in [0.15, 0.2) is 188 Å². The normalized spacial score (nSPS) is 15.5. The molecule has 2 fully saturated rings. The number of hydrogen-bond donors (Lipinski definition) is 0. The van der Waals surface area contributed by atoms with Crippen LogP contribution in [0.2, 0.25) is 0 Å². The Morgan fingerprint density at radius 1 is 0.370 bits per heavy atom. The van der Waals surface area contributed by atoms with Crippen LogP contribution in [0.1, 0.15) is 87.2 Å². The summed E-state index contributed by atoms with van der Waals surface area (Å²) in [5.41, 5.74) is 24.0. The summed E-state index contributed by atoms with van der Waals surface area (Å²) in [7, 11) is 0. The lowest BCUT2D eigenvalue weighted by molar-refractivity contribution is 0.444. The molecule has 0 unspecified atom stereocenters. The Morgan fingerprint density at radius 2 is 0.849 bits per heavy atom. The molecule has 0 bridgehead atoms. The van der Waals surface area contributed by atoms with E-state index in [1.807, 2.05) is 0 Å². The van der Waals surface area contributed by atoms with Crippen molar-refractivity contribution in [2.24, 2.45) is 0 Å². The first-order valence-electron chi connectivity index (χ1n) is 27.1. The predicted octanol–water partition coefficient (Wildman–Crippen LogP) is 15.7. The standard InChI is InChI=1S/C68H53BN4/c1-6-18-42(19-7-1)47-30-32-60-53(34-47)55-36-49(44-22-10-3-11-23-44)38-57-66(55)72(60)62-40-51(68-70-59-29-17-16-28-52(59)65(71-68)46-26-14-5-15-27-46)41-63-64(62)69(57)58-39-50(45-24-12-4-13-25-45)37-56-54-35-48(43-20-8-2-9-21-43)31-33-61(54)73(63)67(56)58/h1-2,5-9,14-21,26-41,44-45H,3-4,10-13,22-25H2. The van der Waals surface area contributed by atoms with Crippen LogP contribution in [0, 0.1) is 0 Å². The van der Waals surface area contributed by atoms with Crippen LogP contribution in [0.5, 0.6) is 0 Å². The Morgan fingerprint density at radius 3 is 1.37 bits per heavy atom. The van der Waals surface area contributed by atoms with Crippen LogP contribution >= 0.6 is 0 Å². The van der Waals surface area contributed by atoms with Crippen molar-refractivity contribution in [1.82, 2.24) is 19.1 Å². The first-order chi connectivity index (χ1) is 36.2. The van der Waals surface area contributed by atoms with Crippen molar-refractivity contribution in [3.05, 3.63) is 199 Å². The van der Waals surface area contributed by atoms with Crippen molar-refractivity contribution in [3.63, 3.8) is 0 Å². The minimum atomic E-state index is 0.0318. The number of para-hydroxylation sites is 1. The Labute approximate surface area is 426 Å². The van der Waals surface area contributed by atoms with Crippen LogP contribution < -0.4 is 16.4 Å². The summed E-state index contributed by atoms with van der Waals surface area (Å²) >= 11 is 0. The number of nitrogens with zero attached hydrogens (tertiary/aromatic N) is 4. The van der Waals surface area contributed by atoms with Gasteiger partial charge < -0.3 is 9.13 Å². The lowest BCUT2D eigenvalue weighted by Gasteiger charge is -2.35. The zero-order chi connectivity index (χ0) is 47.7. The van der Waals surface area contributed by atoms with Gasteiger partial charge in [-0.05, 0) is 142 Å². The predicted molar refractivity (Wildman–Crippen MR) is 306 cm³/mol. The first kappa shape index (κ1) is 41.6. The fraction of sp³-hybridized carbons (Fsp3) is 0.176. The third kappa shape index (κ3) is 6.34. The van der Waals surface area contributed by atoms with Gasteiger partial charge in [-0.15, -0.1) is 0 Å². The number of fused-ring (bicyclic) bond motifs is 11. The second-order valence-corrected chi connectivity index (χ2v) is 21.7. The van der Waals surface area contributed by atoms with E-state index in [4.69, 9.17) is 9.97 Å². The Balaban J connectivity index is 1.06. The fourth-order valence-corrected chi connectivity index (χ4v) is 14.2. The fourth-order valence-electron chi connectivity index (χ4n) is 14.2. The SMILES string of the molecule is c1ccc(-c2ccc3c(c2)c2cc(C4CCCCC4)cc4c2n3-c2cc(-c3nc(-c5ccccc5)c5ccccc5n3)cc3c2B4c2cc(C4CCCCC4)cc4c5cc(-c6ccccc6)ccc5n-3c24)cc1. The van der Waals surface area contributed by atoms with Crippen LogP contribution in [0.4, 0.5) is 0 Å². The van der Waals surface area contributed by atoms with Gasteiger partial charge in [-0.25, -0.2) is 9.97 Å². The summed E-state index contributed by atoms with van der Waals surface area (Å²) in [5.74, 6) is 1.85. The molecule has 3 aromatic heterocycles. The van der Waals surface area contributed by atoms with E-state index >= 15 is 0 Å². The van der Waals surface area contributed by atoms with E-state index in [1.165, 1.54) is 169 Å². The molecule has 0 saturated heterocycles. The van der Waals surface area contributed by atoms with E-state index < -0.39 is 0 Å². The maximum Gasteiger partial charge on any atom is 0.252 e. The highest BCUT2D eigenvalue weighted by Gasteiger charge is 2.42. The maximum atomic E-state index is 5.58. The van der Waals surface area contributed by atoms with Crippen molar-refractivity contribution in [3.8, 4) is 56.3 Å². The van der Waals surface area contributed by atoms with E-state index in [2.05, 4.69) is 197 Å². The molecular weight excluding hydrogens is 884 g/mol. The smallest absolute Gasteiger partial charge is 0.252 e. The van der Waals surface area contributed by atoms with Crippen molar-refractivity contribution in [2.75, 3.05) is 0 Å². The highest BCUT2D eigenvalue weighted by atomic mass is 15.0. The number of rotatable bonds is 6. The zero-order valence-electron chi connectivity index (χ0n) is 41.0. The Bertz CT molecular complexity index is 4010. The highest BCUT2D eigenvalue weighted by Crippen LogP contribution is 2.46. The van der Waals surface area contributed by atoms with Crippen molar-refractivity contribution >= 4 is 77.6 Å². The second kappa shape index (κ2) is 16.2. The van der Waals surface area contributed by atoms with E-state index in [0.717, 1.165) is 33.5 Å². The van der Waals surface area contributed by atoms with E-state index in [-0.39, 0.29) is 6.71 Å². The summed E-state index contributed by atoms with van der Waals surface area (Å²) in [5, 5.41) is 6.44. The molecule has 73 heavy (non-hydrogen) atoms. The number of benzene rings is 9. The molecule has 5 heterocycles. The minimum Gasteiger partial charge on any atom is -0.310 e. The molecule has 2 aliphatic heterocycles. The summed E-state index contributed by atoms with van der Waals surface area (Å²) in [6, 6.07) is 71.1. The molecule has 0 radical (unpaired) electrons. The molecule has 2 saturated carbocycles. The lowest BCUT2D eigenvalue weighted by Crippen LogP contribution is -2.59. The minimum absolute atomic E-state index is 0.0318. The van der Waals surface area contributed by atoms with Crippen LogP contribution in [-0.2, 0) is 0 Å². The van der Waals surface area contributed by atoms with Gasteiger partial charge in [0.05, 0.1) is 22.2 Å². The second-order valence-electron chi connectivity index (χ2n) is 21.7. The molecule has 9 aromatic carbocycles. The molecule has 348 valence electrons. The van der Waals surface area contributed by atoms with Gasteiger partial charge in [0.25, 0.3) is 6.71 Å². The van der Waals surface area contributed by atoms with E-state index in [9.17, 15) is 0 Å². The summed E-state index contributed by atoms with van der Waals surface area (Å²) in [6.07, 6.45) is 12.9. The van der Waals surface area contributed by atoms with Crippen molar-refractivity contribution in [1.29, 1.82) is 0 Å². The van der Waals surface area contributed by atoms with Gasteiger partial charge in [0, 0.05) is 60.5 Å². The van der Waals surface area contributed by atoms with Crippen molar-refractivity contribution in [2.45, 2.75) is 76.0 Å². The molecule has 0 N–H and O–H groups in total. The van der Waals surface area contributed by atoms with Crippen LogP contribution in [-0.4, -0.2) is 25.8 Å². The van der Waals surface area contributed by atoms with Crippen LogP contribution in [0.3, 0.4) is 0 Å². The quantitative estimate of drug-likeness (QED) is 0.156. The van der Waals surface area contributed by atoms with Gasteiger partial charge in [0.2, 0.25) is 0 Å². The van der Waals surface area contributed by atoms with E-state index in [0.29, 0.717) is 11.8 Å². The largest absolute Gasteiger partial charge is 0.310 e. The number of aromatic nitrogens is 4. The molecule has 0 atom stereocenters. The topological polar surface area (TPSA) is 35.6 Å². The maximum absolute atomic E-state index is 5.58. The van der Waals surface area contributed by atoms with Crippen LogP contribution in [0.25, 0.3) is 111 Å². The third-order valence-electron chi connectivity index (χ3n) is 17.6. The Kier molecular flexibility index (Phi) is 9.26. The summed E-state index contributed by atoms with van der Waals surface area (Å²) in [4.78, 5) is 11.0. The third-order valence-corrected chi connectivity index (χ3v) is 17.6. The van der Waals surface area contributed by atoms with Gasteiger partial charge in [0.15, 0.2) is 5.82 Å². The van der Waals surface area contributed by atoms with E-state index in [1.54, 1.807) is 0 Å². The monoisotopic (exact) mass is 936 g/mol. The molecule has 0 spiro atoms. The van der Waals surface area contributed by atoms with Gasteiger partial charge in [-0.1, -0.05) is 172 Å². The molecule has 4 nitrogen and oxygen atoms in total. The average molecular weight is 937 g/mol. The van der Waals surface area contributed by atoms with Crippen molar-refractivity contribution < 1.29 is 0 Å². The van der Waals surface area contributed by atoms with Gasteiger partial charge >= 0.3 is 0 Å². The summed E-state index contributed by atoms with van der Waals surface area (Å²) in [6.45, 7) is 0.0318. The molecule has 4 aliphatic rings. The Hall–Kier alpha value is -8.02. The molecule has 16 rings (SSSR count). The van der Waals surface area contributed by atoms with Gasteiger partial charge in [0.1, 0.15) is 0 Å². The molecule has 12 aromatic rings.